The predicted octanol–water partition coefficient (Wildman–Crippen LogP) is 1.55. The number of hydrogen-bond donors (Lipinski definition) is 0. The maximum Gasteiger partial charge on any atom is 0.373 e. The minimum atomic E-state index is -2.45. The number of ether oxygens (including phenoxy) is 2. The van der Waals surface area contributed by atoms with Gasteiger partial charge in [0.2, 0.25) is 11.8 Å². The van der Waals surface area contributed by atoms with Crippen molar-refractivity contribution in [1.82, 2.24) is 29.9 Å². The van der Waals surface area contributed by atoms with E-state index in [9.17, 15) is 0 Å². The second-order valence-electron chi connectivity index (χ2n) is 4.39. The highest BCUT2D eigenvalue weighted by Crippen LogP contribution is 2.00. The van der Waals surface area contributed by atoms with Crippen molar-refractivity contribution >= 4 is 23.9 Å². The van der Waals surface area contributed by atoms with Crippen LogP contribution in [0.4, 0.5) is 0 Å². The zero-order chi connectivity index (χ0) is 28.9. The normalized spacial score (nSPS) is 11.5. The molecule has 0 aliphatic carbocycles. The Kier molecular flexibility index (Phi) is 12.6. The number of hydrogen-bond acceptors (Lipinski definition) is 12. The fourth-order valence-electron chi connectivity index (χ4n) is 1.15. The molecule has 3 aromatic rings. The van der Waals surface area contributed by atoms with Gasteiger partial charge in [0.15, 0.2) is 0 Å². The molecule has 0 aliphatic heterocycles. The van der Waals surface area contributed by atoms with Crippen molar-refractivity contribution in [2.45, 2.75) is 13.8 Å². The van der Waals surface area contributed by atoms with Crippen molar-refractivity contribution < 1.29 is 36.9 Å². The van der Waals surface area contributed by atoms with Crippen molar-refractivity contribution in [2.75, 3.05) is 14.1 Å². The largest absolute Gasteiger partial charge is 0.480 e. The second-order valence-corrected chi connectivity index (χ2v) is 4.78. The number of methoxy groups -OCH3 is 2. The molecule has 3 heterocycles. The van der Waals surface area contributed by atoms with Crippen LogP contribution in [0, 0.1) is 13.8 Å². The van der Waals surface area contributed by atoms with Crippen molar-refractivity contribution in [3.63, 3.8) is 0 Å². The summed E-state index contributed by atoms with van der Waals surface area (Å²) in [5.74, 6) is 0.0214. The monoisotopic (exact) mass is 456 g/mol. The fourth-order valence-corrected chi connectivity index (χ4v) is 1.25. The highest BCUT2D eigenvalue weighted by Gasteiger charge is 1.89. The first kappa shape index (κ1) is 18.9. The average molecular weight is 457 g/mol. The van der Waals surface area contributed by atoms with E-state index in [2.05, 4.69) is 39.4 Å². The molecule has 0 unspecified atom stereocenters. The number of aromatic nitrogens is 6. The predicted molar refractivity (Wildman–Crippen MR) is 104 cm³/mol. The summed E-state index contributed by atoms with van der Waals surface area (Å²) in [6, 6.07) is 0. The van der Waals surface area contributed by atoms with Gasteiger partial charge in [0.1, 0.15) is 5.15 Å². The van der Waals surface area contributed by atoms with Gasteiger partial charge in [-0.2, -0.15) is 19.2 Å². The molecule has 164 valence electrons. The van der Waals surface area contributed by atoms with Crippen LogP contribution in [0.25, 0.3) is 0 Å². The molecule has 0 N–H and O–H groups in total. The van der Waals surface area contributed by atoms with E-state index in [4.69, 9.17) is 39.0 Å². The van der Waals surface area contributed by atoms with Crippen LogP contribution in [0.1, 0.15) is 19.6 Å². The Bertz CT molecular complexity index is 1040. The summed E-state index contributed by atoms with van der Waals surface area (Å²) in [5.41, 5.74) is 1.60. The van der Waals surface area contributed by atoms with Gasteiger partial charge in [-0.1, -0.05) is 11.6 Å². The lowest BCUT2D eigenvalue weighted by atomic mass is 10.5. The molecular formula is C18H19ClN6O6. The lowest BCUT2D eigenvalue weighted by Crippen LogP contribution is -1.88. The smallest absolute Gasteiger partial charge is 0.373 e. The topological polar surface area (TPSA) is 164 Å². The summed E-state index contributed by atoms with van der Waals surface area (Å²) in [6.07, 6.45) is 10.4. The first-order chi connectivity index (χ1) is 17.2. The maximum atomic E-state index is 8.12. The minimum Gasteiger partial charge on any atom is -0.480 e. The molecule has 13 heteroatoms. The molecule has 0 saturated carbocycles. The van der Waals surface area contributed by atoms with E-state index in [-0.39, 0.29) is 24.1 Å². The van der Waals surface area contributed by atoms with Gasteiger partial charge in [0.05, 0.1) is 58.5 Å². The summed E-state index contributed by atoms with van der Waals surface area (Å²) in [6.45, 7) is 3.62. The van der Waals surface area contributed by atoms with Crippen LogP contribution >= 0.6 is 11.6 Å². The van der Waals surface area contributed by atoms with Crippen LogP contribution in [-0.4, -0.2) is 56.3 Å². The Labute approximate surface area is 191 Å². The summed E-state index contributed by atoms with van der Waals surface area (Å²) >= 11 is 5.44. The number of aryl methyl sites for hydroxylation is 2. The van der Waals surface area contributed by atoms with Crippen LogP contribution < -0.4 is 9.47 Å². The minimum absolute atomic E-state index is 0.00694. The maximum absolute atomic E-state index is 8.12. The Morgan fingerprint density at radius 2 is 1.26 bits per heavy atom. The van der Waals surface area contributed by atoms with Crippen molar-refractivity contribution in [3.8, 4) is 11.8 Å². The van der Waals surface area contributed by atoms with Crippen LogP contribution in [0.5, 0.6) is 11.8 Å². The van der Waals surface area contributed by atoms with E-state index >= 15 is 0 Å². The highest BCUT2D eigenvalue weighted by atomic mass is 35.5. The third kappa shape index (κ3) is 19.0. The van der Waals surface area contributed by atoms with Gasteiger partial charge >= 0.3 is 12.3 Å². The average Bonchev–Trinajstić information content (AvgIpc) is 2.78. The first-order valence-corrected chi connectivity index (χ1v) is 7.90. The number of nitrogens with zero attached hydrogens (tertiary/aromatic N) is 6. The Morgan fingerprint density at radius 1 is 0.742 bits per heavy atom. The summed E-state index contributed by atoms with van der Waals surface area (Å²) in [7, 11) is -4.90. The standard InChI is InChI=1S/C6H8N2O.C5H5ClN2.C5H6N2O.2CO2/c1-5-3-8-6(9-2)4-7-5;1-4-2-8-5(6)3-7-4;1-8-5-4-6-2-3-7-5;2*2-1-3/h3-4H,1-2H3;2-3H,1H3;2-4H,1H3;;/i2D3;;1D3;;. The van der Waals surface area contributed by atoms with Crippen molar-refractivity contribution in [3.05, 3.63) is 59.9 Å². The molecule has 3 rings (SSSR count). The van der Waals surface area contributed by atoms with Gasteiger partial charge in [-0.3, -0.25) is 15.0 Å². The molecule has 0 spiro atoms. The van der Waals surface area contributed by atoms with Crippen LogP contribution in [0.2, 0.25) is 5.15 Å². The quantitative estimate of drug-likeness (QED) is 0.546. The summed E-state index contributed by atoms with van der Waals surface area (Å²) in [4.78, 5) is 55.0. The molecule has 0 aliphatic rings. The molecular weight excluding hydrogens is 432 g/mol. The molecule has 0 saturated heterocycles. The highest BCUT2D eigenvalue weighted by molar-refractivity contribution is 6.29. The van der Waals surface area contributed by atoms with Crippen molar-refractivity contribution in [1.29, 1.82) is 0 Å². The lowest BCUT2D eigenvalue weighted by Gasteiger charge is -1.94. The van der Waals surface area contributed by atoms with Crippen LogP contribution in [-0.2, 0) is 19.2 Å². The van der Waals surface area contributed by atoms with E-state index in [1.807, 2.05) is 6.92 Å². The van der Waals surface area contributed by atoms with Crippen LogP contribution in [0.3, 0.4) is 0 Å². The Morgan fingerprint density at radius 3 is 1.61 bits per heavy atom. The molecule has 0 atom stereocenters. The SMILES string of the molecule is Cc1cnc(Cl)cn1.O=C=O.O=C=O.[2H]C([2H])([2H])Oc1cnc(C)cn1.[2H]C([2H])([2H])Oc1cnccn1. The van der Waals surface area contributed by atoms with E-state index in [1.165, 1.54) is 37.2 Å². The number of carbonyl (C=O) groups excluding carboxylic acids is 4. The number of halogens is 1. The van der Waals surface area contributed by atoms with E-state index in [0.29, 0.717) is 10.8 Å². The molecule has 0 amide bonds. The zero-order valence-corrected chi connectivity index (χ0v) is 16.8. The molecule has 0 radical (unpaired) electrons. The second kappa shape index (κ2) is 20.6. The van der Waals surface area contributed by atoms with Gasteiger partial charge in [-0.25, -0.2) is 15.0 Å². The molecule has 0 fully saturated rings. The van der Waals surface area contributed by atoms with Gasteiger partial charge in [-0.05, 0) is 13.8 Å². The molecule has 3 aromatic heterocycles. The van der Waals surface area contributed by atoms with E-state index < -0.39 is 14.1 Å². The summed E-state index contributed by atoms with van der Waals surface area (Å²) in [5, 5.41) is 0.440. The van der Waals surface area contributed by atoms with E-state index in [0.717, 1.165) is 5.69 Å². The molecule has 12 nitrogen and oxygen atoms in total. The molecule has 31 heavy (non-hydrogen) atoms. The van der Waals surface area contributed by atoms with E-state index in [1.54, 1.807) is 13.1 Å². The fraction of sp³-hybridized carbons (Fsp3) is 0.222. The van der Waals surface area contributed by atoms with Crippen LogP contribution in [0.15, 0.2) is 43.4 Å². The van der Waals surface area contributed by atoms with Gasteiger partial charge in [-0.15, -0.1) is 0 Å². The lowest BCUT2D eigenvalue weighted by molar-refractivity contribution is -0.193. The van der Waals surface area contributed by atoms with Gasteiger partial charge in [0, 0.05) is 18.6 Å². The Hall–Kier alpha value is -4.11. The summed E-state index contributed by atoms with van der Waals surface area (Å²) < 4.78 is 49.3. The molecule has 0 bridgehead atoms. The third-order valence-corrected chi connectivity index (χ3v) is 2.45. The Balaban J connectivity index is 0. The van der Waals surface area contributed by atoms with Gasteiger partial charge in [0.25, 0.3) is 0 Å². The molecule has 0 aromatic carbocycles. The number of rotatable bonds is 2. The first-order valence-electron chi connectivity index (χ1n) is 10.5. The van der Waals surface area contributed by atoms with Gasteiger partial charge < -0.3 is 9.47 Å². The zero-order valence-electron chi connectivity index (χ0n) is 22.1. The third-order valence-electron chi connectivity index (χ3n) is 2.26. The van der Waals surface area contributed by atoms with Crippen molar-refractivity contribution in [2.24, 2.45) is 0 Å².